The van der Waals surface area contributed by atoms with Gasteiger partial charge in [-0.25, -0.2) is 9.37 Å². The minimum Gasteiger partial charge on any atom is -0.439 e. The van der Waals surface area contributed by atoms with E-state index < -0.39 is 32.6 Å². The Hall–Kier alpha value is -3.14. The van der Waals surface area contributed by atoms with E-state index in [0.29, 0.717) is 23.8 Å². The van der Waals surface area contributed by atoms with Crippen LogP contribution in [0.25, 0.3) is 0 Å². The lowest BCUT2D eigenvalue weighted by molar-refractivity contribution is -0.140. The van der Waals surface area contributed by atoms with Crippen molar-refractivity contribution < 1.29 is 34.9 Å². The minimum absolute atomic E-state index is 0.161. The molecule has 0 atom stereocenters. The molecular formula is C18H11F4NO4S. The van der Waals surface area contributed by atoms with Gasteiger partial charge in [-0.05, 0) is 48.5 Å². The molecule has 3 aromatic rings. The maximum atomic E-state index is 13.3. The zero-order chi connectivity index (χ0) is 20.4. The summed E-state index contributed by atoms with van der Waals surface area (Å²) in [5.41, 5.74) is -1.70. The SMILES string of the molecule is O=S(=O)(Oc1ccc(Oc2ccccn2)cc1)c1ccc(F)c(C(F)(F)F)c1. The first kappa shape index (κ1) is 19.6. The van der Waals surface area contributed by atoms with Crippen LogP contribution in [0.15, 0.2) is 71.8 Å². The highest BCUT2D eigenvalue weighted by Crippen LogP contribution is 2.33. The van der Waals surface area contributed by atoms with E-state index in [4.69, 9.17) is 8.92 Å². The Bertz CT molecular complexity index is 1070. The number of alkyl halides is 3. The molecule has 1 heterocycles. The number of ether oxygens (including phenoxy) is 1. The zero-order valence-corrected chi connectivity index (χ0v) is 14.7. The molecule has 0 amide bonds. The molecule has 0 aliphatic heterocycles. The third-order valence-corrected chi connectivity index (χ3v) is 4.66. The highest BCUT2D eigenvalue weighted by molar-refractivity contribution is 7.87. The van der Waals surface area contributed by atoms with Crippen molar-refractivity contribution in [2.45, 2.75) is 11.1 Å². The molecule has 5 nitrogen and oxygen atoms in total. The van der Waals surface area contributed by atoms with Crippen LogP contribution in [0.2, 0.25) is 0 Å². The van der Waals surface area contributed by atoms with Crippen molar-refractivity contribution in [3.05, 3.63) is 78.2 Å². The van der Waals surface area contributed by atoms with Crippen LogP contribution in [0.4, 0.5) is 17.6 Å². The molecule has 10 heteroatoms. The fourth-order valence-corrected chi connectivity index (χ4v) is 3.10. The monoisotopic (exact) mass is 413 g/mol. The standard InChI is InChI=1S/C18H11F4NO4S/c19-16-9-8-14(11-15(16)18(20,21)22)28(24,25)27-13-6-4-12(5-7-13)26-17-3-1-2-10-23-17/h1-11H. The molecular weight excluding hydrogens is 402 g/mol. The lowest BCUT2D eigenvalue weighted by atomic mass is 10.2. The summed E-state index contributed by atoms with van der Waals surface area (Å²) in [6.45, 7) is 0. The van der Waals surface area contributed by atoms with Gasteiger partial charge in [0.05, 0.1) is 5.56 Å². The van der Waals surface area contributed by atoms with E-state index in [-0.39, 0.29) is 11.8 Å². The minimum atomic E-state index is -5.04. The molecule has 0 aliphatic rings. The second-order valence-electron chi connectivity index (χ2n) is 5.42. The van der Waals surface area contributed by atoms with Gasteiger partial charge < -0.3 is 8.92 Å². The molecule has 0 unspecified atom stereocenters. The Morgan fingerprint density at radius 3 is 2.18 bits per heavy atom. The van der Waals surface area contributed by atoms with Crippen molar-refractivity contribution in [3.8, 4) is 17.4 Å². The normalized spacial score (nSPS) is 11.9. The van der Waals surface area contributed by atoms with Gasteiger partial charge in [0.1, 0.15) is 22.2 Å². The number of hydrogen-bond donors (Lipinski definition) is 0. The highest BCUT2D eigenvalue weighted by atomic mass is 32.2. The van der Waals surface area contributed by atoms with Crippen LogP contribution in [-0.2, 0) is 16.3 Å². The molecule has 0 aliphatic carbocycles. The van der Waals surface area contributed by atoms with Crippen LogP contribution >= 0.6 is 0 Å². The molecule has 28 heavy (non-hydrogen) atoms. The van der Waals surface area contributed by atoms with Gasteiger partial charge in [0, 0.05) is 12.3 Å². The van der Waals surface area contributed by atoms with Gasteiger partial charge in [-0.3, -0.25) is 0 Å². The van der Waals surface area contributed by atoms with Crippen molar-refractivity contribution in [1.29, 1.82) is 0 Å². The molecule has 0 spiro atoms. The fourth-order valence-electron chi connectivity index (χ4n) is 2.14. The van der Waals surface area contributed by atoms with Crippen molar-refractivity contribution in [2.24, 2.45) is 0 Å². The average Bonchev–Trinajstić information content (AvgIpc) is 2.63. The summed E-state index contributed by atoms with van der Waals surface area (Å²) in [5, 5.41) is 0. The molecule has 0 radical (unpaired) electrons. The maximum Gasteiger partial charge on any atom is 0.419 e. The van der Waals surface area contributed by atoms with E-state index >= 15 is 0 Å². The number of halogens is 4. The summed E-state index contributed by atoms with van der Waals surface area (Å²) in [4.78, 5) is 3.13. The molecule has 0 fully saturated rings. The Labute approximate surface area is 157 Å². The highest BCUT2D eigenvalue weighted by Gasteiger charge is 2.35. The van der Waals surface area contributed by atoms with E-state index in [1.54, 1.807) is 18.2 Å². The first-order valence-corrected chi connectivity index (χ1v) is 9.06. The summed E-state index contributed by atoms with van der Waals surface area (Å²) in [5.74, 6) is -1.09. The number of rotatable bonds is 5. The van der Waals surface area contributed by atoms with Crippen LogP contribution in [0.1, 0.15) is 5.56 Å². The Morgan fingerprint density at radius 1 is 0.893 bits per heavy atom. The molecule has 146 valence electrons. The van der Waals surface area contributed by atoms with Crippen molar-refractivity contribution in [1.82, 2.24) is 4.98 Å². The topological polar surface area (TPSA) is 65.5 Å². The number of hydrogen-bond acceptors (Lipinski definition) is 5. The van der Waals surface area contributed by atoms with Crippen LogP contribution in [0.3, 0.4) is 0 Å². The number of pyridine rings is 1. The van der Waals surface area contributed by atoms with Gasteiger partial charge >= 0.3 is 16.3 Å². The van der Waals surface area contributed by atoms with Crippen LogP contribution < -0.4 is 8.92 Å². The van der Waals surface area contributed by atoms with Crippen molar-refractivity contribution in [3.63, 3.8) is 0 Å². The molecule has 0 saturated carbocycles. The quantitative estimate of drug-likeness (QED) is 0.444. The average molecular weight is 413 g/mol. The second-order valence-corrected chi connectivity index (χ2v) is 6.96. The number of benzene rings is 2. The van der Waals surface area contributed by atoms with Crippen molar-refractivity contribution in [2.75, 3.05) is 0 Å². The molecule has 0 N–H and O–H groups in total. The molecule has 3 rings (SSSR count). The van der Waals surface area contributed by atoms with E-state index in [9.17, 15) is 26.0 Å². The van der Waals surface area contributed by atoms with Crippen LogP contribution in [0, 0.1) is 5.82 Å². The lowest BCUT2D eigenvalue weighted by Crippen LogP contribution is -2.13. The zero-order valence-electron chi connectivity index (χ0n) is 13.9. The molecule has 0 bridgehead atoms. The summed E-state index contributed by atoms with van der Waals surface area (Å²) in [6, 6.07) is 11.6. The Kier molecular flexibility index (Phi) is 5.23. The molecule has 0 saturated heterocycles. The van der Waals surface area contributed by atoms with Crippen LogP contribution in [-0.4, -0.2) is 13.4 Å². The second kappa shape index (κ2) is 7.47. The third kappa shape index (κ3) is 4.58. The molecule has 2 aromatic carbocycles. The first-order valence-electron chi connectivity index (χ1n) is 7.65. The van der Waals surface area contributed by atoms with Gasteiger partial charge in [-0.15, -0.1) is 0 Å². The van der Waals surface area contributed by atoms with Crippen LogP contribution in [0.5, 0.6) is 17.4 Å². The van der Waals surface area contributed by atoms with Crippen molar-refractivity contribution >= 4 is 10.1 Å². The smallest absolute Gasteiger partial charge is 0.419 e. The maximum absolute atomic E-state index is 13.3. The predicted octanol–water partition coefficient (Wildman–Crippen LogP) is 4.80. The van der Waals surface area contributed by atoms with E-state index in [0.717, 1.165) is 0 Å². The van der Waals surface area contributed by atoms with E-state index in [1.165, 1.54) is 30.5 Å². The Morgan fingerprint density at radius 2 is 1.57 bits per heavy atom. The third-order valence-electron chi connectivity index (χ3n) is 3.42. The number of aromatic nitrogens is 1. The summed E-state index contributed by atoms with van der Waals surface area (Å²) in [7, 11) is -4.60. The summed E-state index contributed by atoms with van der Waals surface area (Å²) < 4.78 is 86.3. The fraction of sp³-hybridized carbons (Fsp3) is 0.0556. The van der Waals surface area contributed by atoms with Gasteiger partial charge in [-0.1, -0.05) is 6.07 Å². The predicted molar refractivity (Wildman–Crippen MR) is 90.0 cm³/mol. The number of nitrogens with zero attached hydrogens (tertiary/aromatic N) is 1. The summed E-state index contributed by atoms with van der Waals surface area (Å²) in [6.07, 6.45) is -3.52. The van der Waals surface area contributed by atoms with Gasteiger partial charge in [-0.2, -0.15) is 21.6 Å². The first-order chi connectivity index (χ1) is 13.1. The van der Waals surface area contributed by atoms with Gasteiger partial charge in [0.15, 0.2) is 0 Å². The van der Waals surface area contributed by atoms with E-state index in [2.05, 4.69) is 4.98 Å². The largest absolute Gasteiger partial charge is 0.439 e. The lowest BCUT2D eigenvalue weighted by Gasteiger charge is -2.11. The van der Waals surface area contributed by atoms with Gasteiger partial charge in [0.25, 0.3) is 0 Å². The molecule has 1 aromatic heterocycles. The van der Waals surface area contributed by atoms with E-state index in [1.807, 2.05) is 0 Å². The van der Waals surface area contributed by atoms with Gasteiger partial charge in [0.2, 0.25) is 5.88 Å². The summed E-state index contributed by atoms with van der Waals surface area (Å²) >= 11 is 0. The Balaban J connectivity index is 1.79.